The van der Waals surface area contributed by atoms with Gasteiger partial charge in [0.15, 0.2) is 5.78 Å². The number of ketones is 1. The number of hydrogen-bond acceptors (Lipinski definition) is 7. The van der Waals surface area contributed by atoms with E-state index in [0.29, 0.717) is 38.8 Å². The summed E-state index contributed by atoms with van der Waals surface area (Å²) in [6.07, 6.45) is 2.61. The third kappa shape index (κ3) is 11.0. The predicted molar refractivity (Wildman–Crippen MR) is 171 cm³/mol. The molecule has 5 atom stereocenters. The van der Waals surface area contributed by atoms with E-state index in [1.807, 2.05) is 71.9 Å². The van der Waals surface area contributed by atoms with E-state index in [2.05, 4.69) is 16.0 Å². The highest BCUT2D eigenvalue weighted by Crippen LogP contribution is 2.23. The number of nitrogens with zero attached hydrogens (tertiary/aromatic N) is 1. The number of likely N-dealkylation sites (tertiary alicyclic amines) is 1. The quantitative estimate of drug-likeness (QED) is 0.177. The van der Waals surface area contributed by atoms with Crippen LogP contribution in [0.3, 0.4) is 0 Å². The number of nitrogens with one attached hydrogen (secondary N) is 3. The molecule has 1 fully saturated rings. The highest BCUT2D eigenvalue weighted by Gasteiger charge is 2.39. The SMILES string of the molecule is CC(C)CC(NC(=O)C(CCCN)NC(=O)C(N)C(C)C)C(=O)NC(Cc1ccccc1)C(=O)N1CCCC1C(=O)C(C)C. The minimum atomic E-state index is -0.962. The maximum absolute atomic E-state index is 14.0. The minimum Gasteiger partial charge on any atom is -0.343 e. The van der Waals surface area contributed by atoms with Crippen LogP contribution in [0.2, 0.25) is 0 Å². The van der Waals surface area contributed by atoms with Gasteiger partial charge in [0.25, 0.3) is 0 Å². The van der Waals surface area contributed by atoms with Crippen LogP contribution in [0.25, 0.3) is 0 Å². The molecule has 0 aliphatic carbocycles. The second-order valence-corrected chi connectivity index (χ2v) is 13.0. The van der Waals surface area contributed by atoms with Gasteiger partial charge >= 0.3 is 0 Å². The maximum atomic E-state index is 14.0. The van der Waals surface area contributed by atoms with Crippen molar-refractivity contribution in [2.45, 2.75) is 110 Å². The number of rotatable bonds is 17. The van der Waals surface area contributed by atoms with Crippen LogP contribution in [-0.4, -0.2) is 77.6 Å². The molecule has 0 bridgehead atoms. The van der Waals surface area contributed by atoms with Crippen molar-refractivity contribution in [3.63, 3.8) is 0 Å². The van der Waals surface area contributed by atoms with Crippen LogP contribution in [0.5, 0.6) is 0 Å². The van der Waals surface area contributed by atoms with Crippen LogP contribution in [0.1, 0.15) is 79.2 Å². The molecule has 1 aromatic rings. The largest absolute Gasteiger partial charge is 0.343 e. The van der Waals surface area contributed by atoms with Crippen molar-refractivity contribution in [2.75, 3.05) is 13.1 Å². The van der Waals surface area contributed by atoms with E-state index in [1.165, 1.54) is 0 Å². The van der Waals surface area contributed by atoms with Crippen LogP contribution >= 0.6 is 0 Å². The lowest BCUT2D eigenvalue weighted by molar-refractivity contribution is -0.142. The number of benzene rings is 1. The molecule has 44 heavy (non-hydrogen) atoms. The molecular formula is C33H54N6O5. The summed E-state index contributed by atoms with van der Waals surface area (Å²) in [5.74, 6) is -2.09. The highest BCUT2D eigenvalue weighted by molar-refractivity contribution is 5.96. The molecule has 0 radical (unpaired) electrons. The van der Waals surface area contributed by atoms with Crippen molar-refractivity contribution in [1.82, 2.24) is 20.9 Å². The molecule has 0 spiro atoms. The second kappa shape index (κ2) is 17.9. The fourth-order valence-electron chi connectivity index (χ4n) is 5.37. The van der Waals surface area contributed by atoms with E-state index in [9.17, 15) is 24.0 Å². The lowest BCUT2D eigenvalue weighted by atomic mass is 9.98. The Balaban J connectivity index is 2.31. The first kappa shape index (κ1) is 36.9. The lowest BCUT2D eigenvalue weighted by Gasteiger charge is -2.31. The number of carbonyl (C=O) groups is 5. The van der Waals surface area contributed by atoms with E-state index in [0.717, 1.165) is 5.56 Å². The zero-order chi connectivity index (χ0) is 33.0. The Morgan fingerprint density at radius 1 is 0.864 bits per heavy atom. The molecule has 11 heteroatoms. The minimum absolute atomic E-state index is 0.00772. The van der Waals surface area contributed by atoms with Gasteiger partial charge in [-0.1, -0.05) is 71.9 Å². The molecule has 0 saturated carbocycles. The fourth-order valence-corrected chi connectivity index (χ4v) is 5.37. The Labute approximate surface area is 262 Å². The normalized spacial score (nSPS) is 17.7. The van der Waals surface area contributed by atoms with Crippen molar-refractivity contribution in [2.24, 2.45) is 29.2 Å². The summed E-state index contributed by atoms with van der Waals surface area (Å²) in [6, 6.07) is 5.23. The molecular weight excluding hydrogens is 560 g/mol. The van der Waals surface area contributed by atoms with Gasteiger partial charge in [0, 0.05) is 18.9 Å². The summed E-state index contributed by atoms with van der Waals surface area (Å²) < 4.78 is 0. The molecule has 7 N–H and O–H groups in total. The molecule has 2 rings (SSSR count). The average Bonchev–Trinajstić information content (AvgIpc) is 3.47. The molecule has 1 aromatic carbocycles. The molecule has 4 amide bonds. The van der Waals surface area contributed by atoms with Gasteiger partial charge in [-0.25, -0.2) is 0 Å². The zero-order valence-electron chi connectivity index (χ0n) is 27.3. The van der Waals surface area contributed by atoms with Gasteiger partial charge in [-0.15, -0.1) is 0 Å². The fraction of sp³-hybridized carbons (Fsp3) is 0.667. The molecule has 1 heterocycles. The van der Waals surface area contributed by atoms with Crippen LogP contribution in [0, 0.1) is 17.8 Å². The Kier molecular flexibility index (Phi) is 15.0. The van der Waals surface area contributed by atoms with Crippen molar-refractivity contribution in [1.29, 1.82) is 0 Å². The summed E-state index contributed by atoms with van der Waals surface area (Å²) in [5.41, 5.74) is 12.5. The van der Waals surface area contributed by atoms with Crippen LogP contribution in [-0.2, 0) is 30.4 Å². The number of Topliss-reactive ketones (excluding diaryl/α,β-unsaturated/α-hetero) is 1. The number of amides is 4. The molecule has 5 unspecified atom stereocenters. The van der Waals surface area contributed by atoms with E-state index in [4.69, 9.17) is 11.5 Å². The summed E-state index contributed by atoms with van der Waals surface area (Å²) in [5, 5.41) is 8.47. The standard InChI is InChI=1S/C33H54N6O5/c1-20(2)18-25(37-30(41)24(14-10-16-34)36-32(43)28(35)21(3)4)31(42)38-26(19-23-12-8-7-9-13-23)33(44)39-17-11-15-27(39)29(40)22(5)6/h7-9,12-13,20-22,24-28H,10-11,14-19,34-35H2,1-6H3,(H,36,43)(H,37,41)(H,38,42). The topological polar surface area (TPSA) is 177 Å². The van der Waals surface area contributed by atoms with Gasteiger partial charge in [-0.05, 0) is 56.0 Å². The van der Waals surface area contributed by atoms with Gasteiger partial charge in [0.05, 0.1) is 12.1 Å². The molecule has 1 aliphatic rings. The number of hydrogen-bond donors (Lipinski definition) is 5. The molecule has 1 saturated heterocycles. The van der Waals surface area contributed by atoms with Gasteiger partial charge in [-0.2, -0.15) is 0 Å². The van der Waals surface area contributed by atoms with Gasteiger partial charge in [-0.3, -0.25) is 24.0 Å². The summed E-state index contributed by atoms with van der Waals surface area (Å²) in [7, 11) is 0. The smallest absolute Gasteiger partial charge is 0.246 e. The Hall–Kier alpha value is -3.31. The van der Waals surface area contributed by atoms with Crippen LogP contribution in [0.15, 0.2) is 30.3 Å². The first-order valence-corrected chi connectivity index (χ1v) is 16.0. The summed E-state index contributed by atoms with van der Waals surface area (Å²) in [6.45, 7) is 11.9. The summed E-state index contributed by atoms with van der Waals surface area (Å²) in [4.78, 5) is 68.5. The van der Waals surface area contributed by atoms with E-state index >= 15 is 0 Å². The molecule has 11 nitrogen and oxygen atoms in total. The second-order valence-electron chi connectivity index (χ2n) is 13.0. The predicted octanol–water partition coefficient (Wildman–Crippen LogP) is 1.67. The van der Waals surface area contributed by atoms with Crippen molar-refractivity contribution in [3.05, 3.63) is 35.9 Å². The molecule has 246 valence electrons. The zero-order valence-corrected chi connectivity index (χ0v) is 27.3. The Morgan fingerprint density at radius 3 is 2.02 bits per heavy atom. The monoisotopic (exact) mass is 614 g/mol. The maximum Gasteiger partial charge on any atom is 0.246 e. The Morgan fingerprint density at radius 2 is 1.45 bits per heavy atom. The van der Waals surface area contributed by atoms with E-state index in [1.54, 1.807) is 4.90 Å². The van der Waals surface area contributed by atoms with E-state index < -0.39 is 47.9 Å². The van der Waals surface area contributed by atoms with Gasteiger partial charge < -0.3 is 32.3 Å². The molecule has 0 aromatic heterocycles. The third-order valence-corrected chi connectivity index (χ3v) is 8.02. The number of nitrogens with two attached hydrogens (primary N) is 2. The molecule has 1 aliphatic heterocycles. The van der Waals surface area contributed by atoms with Crippen molar-refractivity contribution < 1.29 is 24.0 Å². The van der Waals surface area contributed by atoms with Gasteiger partial charge in [0.2, 0.25) is 23.6 Å². The van der Waals surface area contributed by atoms with Crippen LogP contribution in [0.4, 0.5) is 0 Å². The first-order valence-electron chi connectivity index (χ1n) is 16.0. The average molecular weight is 615 g/mol. The Bertz CT molecular complexity index is 1110. The summed E-state index contributed by atoms with van der Waals surface area (Å²) >= 11 is 0. The first-order chi connectivity index (χ1) is 20.8. The lowest BCUT2D eigenvalue weighted by Crippen LogP contribution is -2.59. The highest BCUT2D eigenvalue weighted by atomic mass is 16.2. The van der Waals surface area contributed by atoms with Gasteiger partial charge in [0.1, 0.15) is 18.1 Å². The van der Waals surface area contributed by atoms with Crippen LogP contribution < -0.4 is 27.4 Å². The van der Waals surface area contributed by atoms with Crippen molar-refractivity contribution in [3.8, 4) is 0 Å². The van der Waals surface area contributed by atoms with E-state index in [-0.39, 0.29) is 42.3 Å². The third-order valence-electron chi connectivity index (χ3n) is 8.02. The number of carbonyl (C=O) groups excluding carboxylic acids is 5. The van der Waals surface area contributed by atoms with Crippen molar-refractivity contribution >= 4 is 29.4 Å².